The molecule has 2 aromatic carbocycles. The van der Waals surface area contributed by atoms with E-state index in [4.69, 9.17) is 9.79 Å². The Hall–Kier alpha value is -1.45. The van der Waals surface area contributed by atoms with Crippen LogP contribution in [0.1, 0.15) is 34.6 Å². The van der Waals surface area contributed by atoms with E-state index in [0.29, 0.717) is 6.42 Å². The van der Waals surface area contributed by atoms with Gasteiger partial charge in [-0.3, -0.25) is 4.52 Å². The fourth-order valence-corrected chi connectivity index (χ4v) is 2.76. The van der Waals surface area contributed by atoms with Crippen LogP contribution in [0.2, 0.25) is 0 Å². The quantitative estimate of drug-likeness (QED) is 0.791. The van der Waals surface area contributed by atoms with Crippen molar-refractivity contribution in [2.45, 2.75) is 26.2 Å². The lowest BCUT2D eigenvalue weighted by Crippen LogP contribution is -2.05. The summed E-state index contributed by atoms with van der Waals surface area (Å²) in [5.74, 6) is 0.0488. The van der Waals surface area contributed by atoms with E-state index in [1.807, 2.05) is 38.1 Å². The molecule has 0 bridgehead atoms. The summed E-state index contributed by atoms with van der Waals surface area (Å²) in [4.78, 5) is 17.7. The largest absolute Gasteiger partial charge is 0.469 e. The first kappa shape index (κ1) is 16.9. The minimum absolute atomic E-state index is 0.0106. The van der Waals surface area contributed by atoms with Gasteiger partial charge in [-0.05, 0) is 31.4 Å². The predicted octanol–water partition coefficient (Wildman–Crippen LogP) is 3.93. The van der Waals surface area contributed by atoms with Crippen molar-refractivity contribution in [1.29, 1.82) is 0 Å². The van der Waals surface area contributed by atoms with Gasteiger partial charge >= 0.3 is 7.82 Å². The second kappa shape index (κ2) is 7.21. The second-order valence-electron chi connectivity index (χ2n) is 5.49. The van der Waals surface area contributed by atoms with Crippen LogP contribution < -0.4 is 0 Å². The van der Waals surface area contributed by atoms with Crippen molar-refractivity contribution in [2.75, 3.05) is 6.61 Å². The zero-order valence-electron chi connectivity index (χ0n) is 12.8. The lowest BCUT2D eigenvalue weighted by Gasteiger charge is -2.19. The number of aryl methyl sites for hydroxylation is 2. The molecular formula is C17H21O4P. The molecule has 0 radical (unpaired) electrons. The molecule has 2 rings (SSSR count). The Bertz CT molecular complexity index is 598. The van der Waals surface area contributed by atoms with Crippen LogP contribution in [0.3, 0.4) is 0 Å². The molecule has 0 aliphatic rings. The van der Waals surface area contributed by atoms with E-state index >= 15 is 0 Å². The Morgan fingerprint density at radius 3 is 1.68 bits per heavy atom. The number of benzene rings is 2. The van der Waals surface area contributed by atoms with Crippen molar-refractivity contribution >= 4 is 7.82 Å². The smallest absolute Gasteiger partial charge is 0.303 e. The lowest BCUT2D eigenvalue weighted by atomic mass is 9.88. The molecule has 2 aromatic rings. The van der Waals surface area contributed by atoms with Gasteiger partial charge in [0.15, 0.2) is 0 Å². The van der Waals surface area contributed by atoms with Crippen LogP contribution in [0.15, 0.2) is 48.5 Å². The predicted molar refractivity (Wildman–Crippen MR) is 86.8 cm³/mol. The summed E-state index contributed by atoms with van der Waals surface area (Å²) in [6, 6.07) is 16.4. The summed E-state index contributed by atoms with van der Waals surface area (Å²) >= 11 is 0. The van der Waals surface area contributed by atoms with Crippen LogP contribution in [-0.2, 0) is 9.09 Å². The normalized spacial score (nSPS) is 11.9. The molecule has 0 saturated heterocycles. The number of hydrogen-bond donors (Lipinski definition) is 2. The Labute approximate surface area is 131 Å². The third-order valence-corrected chi connectivity index (χ3v) is 4.14. The fourth-order valence-electron chi connectivity index (χ4n) is 2.41. The minimum atomic E-state index is -4.42. The maximum absolute atomic E-state index is 10.8. The molecule has 118 valence electrons. The van der Waals surface area contributed by atoms with Crippen molar-refractivity contribution in [3.8, 4) is 0 Å². The van der Waals surface area contributed by atoms with Gasteiger partial charge in [0.05, 0.1) is 6.61 Å². The number of phosphoric acid groups is 1. The molecule has 2 N–H and O–H groups in total. The van der Waals surface area contributed by atoms with Crippen LogP contribution >= 0.6 is 7.82 Å². The summed E-state index contributed by atoms with van der Waals surface area (Å²) in [5, 5.41) is 0. The Morgan fingerprint density at radius 2 is 1.32 bits per heavy atom. The van der Waals surface area contributed by atoms with E-state index in [9.17, 15) is 4.57 Å². The van der Waals surface area contributed by atoms with Gasteiger partial charge in [0, 0.05) is 5.92 Å². The van der Waals surface area contributed by atoms with E-state index in [1.54, 1.807) is 0 Å². The van der Waals surface area contributed by atoms with Gasteiger partial charge < -0.3 is 9.79 Å². The molecule has 0 aliphatic carbocycles. The van der Waals surface area contributed by atoms with Crippen molar-refractivity contribution in [3.05, 3.63) is 70.8 Å². The molecule has 0 saturated carbocycles. The van der Waals surface area contributed by atoms with Crippen LogP contribution in [0.25, 0.3) is 0 Å². The third-order valence-electron chi connectivity index (χ3n) is 3.63. The maximum Gasteiger partial charge on any atom is 0.469 e. The van der Waals surface area contributed by atoms with Gasteiger partial charge in [0.2, 0.25) is 0 Å². The standard InChI is InChI=1S/C17H21O4P/c1-13-3-7-15(8-4-13)17(11-12-21-22(18,19)20)16-9-5-14(2)6-10-16/h3-10,17H,11-12H2,1-2H3,(H2,18,19,20). The molecular weight excluding hydrogens is 299 g/mol. The monoisotopic (exact) mass is 320 g/mol. The van der Waals surface area contributed by atoms with Gasteiger partial charge in [-0.15, -0.1) is 0 Å². The van der Waals surface area contributed by atoms with Crippen molar-refractivity contribution in [1.82, 2.24) is 0 Å². The highest BCUT2D eigenvalue weighted by molar-refractivity contribution is 7.46. The van der Waals surface area contributed by atoms with Gasteiger partial charge in [-0.25, -0.2) is 4.57 Å². The van der Waals surface area contributed by atoms with Gasteiger partial charge in [0.1, 0.15) is 0 Å². The zero-order chi connectivity index (χ0) is 16.2. The number of phosphoric ester groups is 1. The topological polar surface area (TPSA) is 66.8 Å². The zero-order valence-corrected chi connectivity index (χ0v) is 13.7. The molecule has 0 heterocycles. The molecule has 0 spiro atoms. The molecule has 0 atom stereocenters. The van der Waals surface area contributed by atoms with E-state index < -0.39 is 7.82 Å². The van der Waals surface area contributed by atoms with Crippen molar-refractivity contribution < 1.29 is 18.9 Å². The maximum atomic E-state index is 10.8. The molecule has 0 aliphatic heterocycles. The van der Waals surface area contributed by atoms with E-state index in [-0.39, 0.29) is 12.5 Å². The Kier molecular flexibility index (Phi) is 5.54. The summed E-state index contributed by atoms with van der Waals surface area (Å²) < 4.78 is 15.5. The van der Waals surface area contributed by atoms with E-state index in [2.05, 4.69) is 28.8 Å². The van der Waals surface area contributed by atoms with E-state index in [0.717, 1.165) is 11.1 Å². The van der Waals surface area contributed by atoms with Crippen molar-refractivity contribution in [3.63, 3.8) is 0 Å². The summed E-state index contributed by atoms with van der Waals surface area (Å²) in [7, 11) is -4.42. The second-order valence-corrected chi connectivity index (χ2v) is 6.73. The van der Waals surface area contributed by atoms with Crippen LogP contribution in [0.4, 0.5) is 0 Å². The highest BCUT2D eigenvalue weighted by Crippen LogP contribution is 2.37. The van der Waals surface area contributed by atoms with Crippen LogP contribution in [0.5, 0.6) is 0 Å². The SMILES string of the molecule is Cc1ccc(C(CCOP(=O)(O)O)c2ccc(C)cc2)cc1. The van der Waals surface area contributed by atoms with Gasteiger partial charge in [-0.2, -0.15) is 0 Å². The first-order valence-corrected chi connectivity index (χ1v) is 8.71. The molecule has 4 nitrogen and oxygen atoms in total. The molecule has 0 aromatic heterocycles. The van der Waals surface area contributed by atoms with Gasteiger partial charge in [0.25, 0.3) is 0 Å². The molecule has 22 heavy (non-hydrogen) atoms. The van der Waals surface area contributed by atoms with Crippen LogP contribution in [0, 0.1) is 13.8 Å². The average molecular weight is 320 g/mol. The molecule has 0 amide bonds. The fraction of sp³-hybridized carbons (Fsp3) is 0.294. The summed E-state index contributed by atoms with van der Waals surface area (Å²) in [5.41, 5.74) is 4.59. The summed E-state index contributed by atoms with van der Waals surface area (Å²) in [6.45, 7) is 4.07. The van der Waals surface area contributed by atoms with Gasteiger partial charge in [-0.1, -0.05) is 59.7 Å². The number of rotatable bonds is 6. The first-order valence-electron chi connectivity index (χ1n) is 7.18. The third kappa shape index (κ3) is 5.08. The number of hydrogen-bond acceptors (Lipinski definition) is 2. The average Bonchev–Trinajstić information content (AvgIpc) is 2.45. The Morgan fingerprint density at radius 1 is 0.909 bits per heavy atom. The molecule has 0 fully saturated rings. The lowest BCUT2D eigenvalue weighted by molar-refractivity contribution is 0.192. The van der Waals surface area contributed by atoms with Crippen LogP contribution in [-0.4, -0.2) is 16.4 Å². The highest BCUT2D eigenvalue weighted by Gasteiger charge is 2.18. The molecule has 0 unspecified atom stereocenters. The summed E-state index contributed by atoms with van der Waals surface area (Å²) in [6.07, 6.45) is 0.511. The molecule has 5 heteroatoms. The highest BCUT2D eigenvalue weighted by atomic mass is 31.2. The minimum Gasteiger partial charge on any atom is -0.303 e. The first-order chi connectivity index (χ1) is 10.3. The van der Waals surface area contributed by atoms with Crippen molar-refractivity contribution in [2.24, 2.45) is 0 Å². The van der Waals surface area contributed by atoms with E-state index in [1.165, 1.54) is 11.1 Å². The Balaban J connectivity index is 2.22.